The van der Waals surface area contributed by atoms with E-state index in [1.165, 1.54) is 23.1 Å². The highest BCUT2D eigenvalue weighted by atomic mass is 35.5. The number of benzene rings is 2. The van der Waals surface area contributed by atoms with Crippen LogP contribution in [0, 0.1) is 11.3 Å². The summed E-state index contributed by atoms with van der Waals surface area (Å²) in [6.45, 7) is 0. The van der Waals surface area contributed by atoms with E-state index in [2.05, 4.69) is 10.4 Å². The van der Waals surface area contributed by atoms with Crippen molar-refractivity contribution in [3.8, 4) is 11.8 Å². The number of halogens is 1. The summed E-state index contributed by atoms with van der Waals surface area (Å²) in [5.74, 6) is -0.268. The maximum absolute atomic E-state index is 12.3. The minimum absolute atomic E-state index is 0.104. The maximum atomic E-state index is 12.3. The number of aromatic nitrogens is 2. The van der Waals surface area contributed by atoms with E-state index >= 15 is 0 Å². The van der Waals surface area contributed by atoms with Crippen LogP contribution >= 0.6 is 11.6 Å². The second-order valence-corrected chi connectivity index (χ2v) is 7.02. The summed E-state index contributed by atoms with van der Waals surface area (Å²) in [7, 11) is 0. The number of nitrogens with two attached hydrogens (primary N) is 1. The zero-order valence-corrected chi connectivity index (χ0v) is 15.5. The summed E-state index contributed by atoms with van der Waals surface area (Å²) in [4.78, 5) is 12.6. The predicted octanol–water partition coefficient (Wildman–Crippen LogP) is 2.56. The lowest BCUT2D eigenvalue weighted by atomic mass is 10.1. The Hall–Kier alpha value is -2.83. The molecule has 0 aliphatic heterocycles. The number of amides is 1. The number of carbonyl (C=O) groups excluding carboxylic acids is 1. The average Bonchev–Trinajstić information content (AvgIpc) is 3.12. The first-order chi connectivity index (χ1) is 13.0. The van der Waals surface area contributed by atoms with Gasteiger partial charge in [-0.1, -0.05) is 29.8 Å². The highest BCUT2D eigenvalue weighted by Gasteiger charge is 2.18. The minimum Gasteiger partial charge on any atom is -0.593 e. The molecule has 0 saturated carbocycles. The first-order valence-electron chi connectivity index (χ1n) is 7.76. The fraction of sp³-hybridized carbons (Fsp3) is 0.0556. The Morgan fingerprint density at radius 2 is 2.15 bits per heavy atom. The molecule has 0 fully saturated rings. The van der Waals surface area contributed by atoms with Gasteiger partial charge in [-0.2, -0.15) is 10.4 Å². The number of anilines is 1. The van der Waals surface area contributed by atoms with E-state index < -0.39 is 11.4 Å². The van der Waals surface area contributed by atoms with E-state index in [1.54, 1.807) is 36.4 Å². The largest absolute Gasteiger partial charge is 0.593 e. The standard InChI is InChI=1S/C18H14ClN5O2S/c19-15-4-2-1-3-13(15)7-18(25)23-14-5-6-16(17(8-14)27(21)26)24-11-12(9-20)10-22-24/h1-6,8,10-11H,7,21H2,(H,23,25). The summed E-state index contributed by atoms with van der Waals surface area (Å²) in [5, 5.41) is 21.8. The van der Waals surface area contributed by atoms with Crippen LogP contribution < -0.4 is 10.5 Å². The van der Waals surface area contributed by atoms with Crippen LogP contribution in [0.5, 0.6) is 0 Å². The molecule has 1 amide bonds. The van der Waals surface area contributed by atoms with Gasteiger partial charge in [-0.25, -0.2) is 4.68 Å². The molecule has 136 valence electrons. The topological polar surface area (TPSA) is 120 Å². The first-order valence-corrected chi connectivity index (χ1v) is 9.35. The molecule has 1 unspecified atom stereocenters. The van der Waals surface area contributed by atoms with Gasteiger partial charge in [-0.3, -0.25) is 4.79 Å². The second kappa shape index (κ2) is 8.24. The van der Waals surface area contributed by atoms with Gasteiger partial charge in [0.1, 0.15) is 11.8 Å². The molecule has 0 radical (unpaired) electrons. The molecular formula is C18H14ClN5O2S. The SMILES string of the molecule is N#Cc1cnn(-c2ccc(NC(=O)Cc3ccccc3Cl)cc2[S+](N)[O-])c1. The van der Waals surface area contributed by atoms with Crippen LogP contribution in [0.3, 0.4) is 0 Å². The van der Waals surface area contributed by atoms with Crippen molar-refractivity contribution in [2.24, 2.45) is 5.14 Å². The van der Waals surface area contributed by atoms with Gasteiger partial charge in [0.05, 0.1) is 29.5 Å². The molecule has 1 atom stereocenters. The van der Waals surface area contributed by atoms with Gasteiger partial charge >= 0.3 is 0 Å². The van der Waals surface area contributed by atoms with Gasteiger partial charge < -0.3 is 9.87 Å². The third-order valence-corrected chi connectivity index (χ3v) is 4.86. The van der Waals surface area contributed by atoms with Crippen LogP contribution in [0.25, 0.3) is 5.69 Å². The van der Waals surface area contributed by atoms with Crippen LogP contribution in [-0.4, -0.2) is 20.2 Å². The lowest BCUT2D eigenvalue weighted by Crippen LogP contribution is -2.18. The van der Waals surface area contributed by atoms with Gasteiger partial charge in [-0.05, 0) is 23.8 Å². The van der Waals surface area contributed by atoms with Gasteiger partial charge in [-0.15, -0.1) is 5.14 Å². The number of rotatable bonds is 5. The normalized spacial score (nSPS) is 11.6. The Bertz CT molecular complexity index is 1030. The Labute approximate surface area is 163 Å². The van der Waals surface area contributed by atoms with Crippen molar-refractivity contribution in [3.05, 3.63) is 71.0 Å². The number of hydrogen-bond donors (Lipinski definition) is 2. The van der Waals surface area contributed by atoms with Crippen molar-refractivity contribution in [3.63, 3.8) is 0 Å². The number of nitrogens with one attached hydrogen (secondary N) is 1. The van der Waals surface area contributed by atoms with Gasteiger partial charge in [0.2, 0.25) is 10.8 Å². The summed E-state index contributed by atoms with van der Waals surface area (Å²) < 4.78 is 13.4. The van der Waals surface area contributed by atoms with Crippen LogP contribution in [0.4, 0.5) is 5.69 Å². The zero-order valence-electron chi connectivity index (χ0n) is 13.9. The van der Waals surface area contributed by atoms with Crippen LogP contribution in [0.2, 0.25) is 5.02 Å². The summed E-state index contributed by atoms with van der Waals surface area (Å²) >= 11 is 4.25. The Kier molecular flexibility index (Phi) is 5.78. The molecule has 1 heterocycles. The molecule has 0 saturated heterocycles. The molecule has 3 N–H and O–H groups in total. The second-order valence-electron chi connectivity index (χ2n) is 5.58. The summed E-state index contributed by atoms with van der Waals surface area (Å²) in [6.07, 6.45) is 3.00. The highest BCUT2D eigenvalue weighted by Crippen LogP contribution is 2.24. The summed E-state index contributed by atoms with van der Waals surface area (Å²) in [5.41, 5.74) is 1.97. The van der Waals surface area contributed by atoms with E-state index in [0.717, 1.165) is 0 Å². The molecule has 0 bridgehead atoms. The van der Waals surface area contributed by atoms with E-state index in [0.29, 0.717) is 27.5 Å². The molecular weight excluding hydrogens is 386 g/mol. The van der Waals surface area contributed by atoms with Crippen molar-refractivity contribution < 1.29 is 9.35 Å². The zero-order chi connectivity index (χ0) is 19.4. The quantitative estimate of drug-likeness (QED) is 0.639. The molecule has 0 aliphatic rings. The third-order valence-electron chi connectivity index (χ3n) is 3.73. The van der Waals surface area contributed by atoms with E-state index in [9.17, 15) is 9.35 Å². The van der Waals surface area contributed by atoms with Crippen molar-refractivity contribution in [1.29, 1.82) is 5.26 Å². The number of nitriles is 1. The molecule has 2 aromatic carbocycles. The van der Waals surface area contributed by atoms with Crippen LogP contribution in [0.15, 0.2) is 59.8 Å². The van der Waals surface area contributed by atoms with Gasteiger partial charge in [0.15, 0.2) is 0 Å². The molecule has 3 rings (SSSR count). The molecule has 7 nitrogen and oxygen atoms in total. The third kappa shape index (κ3) is 4.48. The fourth-order valence-corrected chi connectivity index (χ4v) is 3.29. The lowest BCUT2D eigenvalue weighted by molar-refractivity contribution is -0.115. The Balaban J connectivity index is 1.83. The van der Waals surface area contributed by atoms with E-state index in [4.69, 9.17) is 22.0 Å². The molecule has 0 aliphatic carbocycles. The Morgan fingerprint density at radius 1 is 1.37 bits per heavy atom. The minimum atomic E-state index is -1.82. The number of nitrogens with zero attached hydrogens (tertiary/aromatic N) is 3. The Morgan fingerprint density at radius 3 is 2.81 bits per heavy atom. The molecule has 1 aromatic heterocycles. The average molecular weight is 400 g/mol. The van der Waals surface area contributed by atoms with Crippen molar-refractivity contribution in [2.75, 3.05) is 5.32 Å². The fourth-order valence-electron chi connectivity index (χ4n) is 2.47. The van der Waals surface area contributed by atoms with Crippen molar-refractivity contribution >= 4 is 34.6 Å². The van der Waals surface area contributed by atoms with Crippen molar-refractivity contribution in [2.45, 2.75) is 11.3 Å². The van der Waals surface area contributed by atoms with E-state index in [1.807, 2.05) is 6.07 Å². The summed E-state index contributed by atoms with van der Waals surface area (Å²) in [6, 6.07) is 13.8. The predicted molar refractivity (Wildman–Crippen MR) is 103 cm³/mol. The van der Waals surface area contributed by atoms with Crippen molar-refractivity contribution in [1.82, 2.24) is 9.78 Å². The van der Waals surface area contributed by atoms with E-state index in [-0.39, 0.29) is 17.2 Å². The molecule has 0 spiro atoms. The highest BCUT2D eigenvalue weighted by molar-refractivity contribution is 7.89. The first kappa shape index (κ1) is 18.9. The number of hydrogen-bond acceptors (Lipinski definition) is 5. The lowest BCUT2D eigenvalue weighted by Gasteiger charge is -2.12. The monoisotopic (exact) mass is 399 g/mol. The molecule has 27 heavy (non-hydrogen) atoms. The van der Waals surface area contributed by atoms with Crippen LogP contribution in [0.1, 0.15) is 11.1 Å². The van der Waals surface area contributed by atoms with Gasteiger partial charge in [0, 0.05) is 23.0 Å². The van der Waals surface area contributed by atoms with Crippen LogP contribution in [-0.2, 0) is 22.6 Å². The molecule has 9 heteroatoms. The maximum Gasteiger partial charge on any atom is 0.228 e. The number of carbonyl (C=O) groups is 1. The smallest absolute Gasteiger partial charge is 0.228 e. The van der Waals surface area contributed by atoms with Gasteiger partial charge in [0.25, 0.3) is 0 Å². The molecule has 3 aromatic rings.